The molecule has 0 bridgehead atoms. The van der Waals surface area contributed by atoms with E-state index >= 15 is 0 Å². The van der Waals surface area contributed by atoms with Gasteiger partial charge in [0, 0.05) is 39.1 Å². The summed E-state index contributed by atoms with van der Waals surface area (Å²) in [6.07, 6.45) is 1.55. The van der Waals surface area contributed by atoms with Gasteiger partial charge in [0.2, 0.25) is 5.91 Å². The summed E-state index contributed by atoms with van der Waals surface area (Å²) in [7, 11) is 3.77. The first-order valence-electron chi connectivity index (χ1n) is 7.99. The molecule has 2 rings (SSSR count). The normalized spacial score (nSPS) is 15.8. The van der Waals surface area contributed by atoms with Gasteiger partial charge in [0.1, 0.15) is 5.75 Å². The van der Waals surface area contributed by atoms with Crippen molar-refractivity contribution in [3.8, 4) is 5.75 Å². The quantitative estimate of drug-likeness (QED) is 0.763. The predicted molar refractivity (Wildman–Crippen MR) is 88.3 cm³/mol. The maximum Gasteiger partial charge on any atom is 0.223 e. The first-order valence-corrected chi connectivity index (χ1v) is 7.99. The molecule has 1 aromatic carbocycles. The summed E-state index contributed by atoms with van der Waals surface area (Å²) in [6, 6.07) is 8.12. The molecule has 0 aliphatic carbocycles. The van der Waals surface area contributed by atoms with Gasteiger partial charge in [0.15, 0.2) is 0 Å². The van der Waals surface area contributed by atoms with Crippen molar-refractivity contribution in [2.45, 2.75) is 12.8 Å². The Balaban J connectivity index is 1.57. The highest BCUT2D eigenvalue weighted by molar-refractivity contribution is 5.76. The fraction of sp³-hybridized carbons (Fsp3) is 0.588. The third kappa shape index (κ3) is 5.31. The number of ether oxygens (including phenoxy) is 1. The van der Waals surface area contributed by atoms with Gasteiger partial charge in [0.05, 0.1) is 7.11 Å². The fourth-order valence-electron chi connectivity index (χ4n) is 2.56. The smallest absolute Gasteiger partial charge is 0.223 e. The van der Waals surface area contributed by atoms with Crippen molar-refractivity contribution < 1.29 is 9.53 Å². The van der Waals surface area contributed by atoms with E-state index in [1.54, 1.807) is 7.11 Å². The van der Waals surface area contributed by atoms with Crippen molar-refractivity contribution in [2.75, 3.05) is 53.4 Å². The van der Waals surface area contributed by atoms with E-state index in [-0.39, 0.29) is 5.91 Å². The molecule has 1 N–H and O–H groups in total. The SMILES string of the molecule is COc1ccc(CCNCCC(=O)N2CCN(C)CC2)cc1. The largest absolute Gasteiger partial charge is 0.497 e. The molecule has 1 saturated heterocycles. The molecule has 5 nitrogen and oxygen atoms in total. The molecule has 1 amide bonds. The molecule has 1 aliphatic rings. The van der Waals surface area contributed by atoms with Crippen LogP contribution in [0.5, 0.6) is 5.75 Å². The molecule has 0 unspecified atom stereocenters. The van der Waals surface area contributed by atoms with Crippen LogP contribution in [0, 0.1) is 0 Å². The highest BCUT2D eigenvalue weighted by atomic mass is 16.5. The Labute approximate surface area is 133 Å². The van der Waals surface area contributed by atoms with Crippen molar-refractivity contribution in [1.82, 2.24) is 15.1 Å². The van der Waals surface area contributed by atoms with Crippen LogP contribution < -0.4 is 10.1 Å². The Hall–Kier alpha value is -1.59. The Morgan fingerprint density at radius 2 is 1.82 bits per heavy atom. The van der Waals surface area contributed by atoms with Gasteiger partial charge in [-0.2, -0.15) is 0 Å². The monoisotopic (exact) mass is 305 g/mol. The Kier molecular flexibility index (Phi) is 6.68. The molecule has 0 spiro atoms. The minimum Gasteiger partial charge on any atom is -0.497 e. The Morgan fingerprint density at radius 3 is 2.45 bits per heavy atom. The van der Waals surface area contributed by atoms with Gasteiger partial charge in [-0.25, -0.2) is 0 Å². The molecule has 5 heteroatoms. The maximum atomic E-state index is 12.1. The second kappa shape index (κ2) is 8.76. The minimum absolute atomic E-state index is 0.269. The van der Waals surface area contributed by atoms with E-state index in [9.17, 15) is 4.79 Å². The van der Waals surface area contributed by atoms with E-state index in [1.807, 2.05) is 17.0 Å². The number of piperazine rings is 1. The summed E-state index contributed by atoms with van der Waals surface area (Å²) < 4.78 is 5.14. The number of nitrogens with zero attached hydrogens (tertiary/aromatic N) is 2. The number of rotatable bonds is 7. The average molecular weight is 305 g/mol. The van der Waals surface area contributed by atoms with Crippen LogP contribution in [0.1, 0.15) is 12.0 Å². The average Bonchev–Trinajstić information content (AvgIpc) is 2.55. The lowest BCUT2D eigenvalue weighted by atomic mass is 10.1. The predicted octanol–water partition coefficient (Wildman–Crippen LogP) is 0.991. The fourth-order valence-corrected chi connectivity index (χ4v) is 2.56. The number of likely N-dealkylation sites (N-methyl/N-ethyl adjacent to an activating group) is 1. The van der Waals surface area contributed by atoms with Crippen LogP contribution in [0.15, 0.2) is 24.3 Å². The number of carbonyl (C=O) groups excluding carboxylic acids is 1. The summed E-state index contributed by atoms with van der Waals surface area (Å²) in [6.45, 7) is 5.33. The second-order valence-electron chi connectivity index (χ2n) is 5.78. The first-order chi connectivity index (χ1) is 10.7. The third-order valence-electron chi connectivity index (χ3n) is 4.12. The van der Waals surface area contributed by atoms with Crippen LogP contribution in [-0.2, 0) is 11.2 Å². The van der Waals surface area contributed by atoms with Crippen LogP contribution >= 0.6 is 0 Å². The summed E-state index contributed by atoms with van der Waals surface area (Å²) in [5, 5.41) is 3.35. The van der Waals surface area contributed by atoms with Crippen LogP contribution in [-0.4, -0.2) is 69.1 Å². The van der Waals surface area contributed by atoms with Crippen molar-refractivity contribution >= 4 is 5.91 Å². The summed E-state index contributed by atoms with van der Waals surface area (Å²) in [5.41, 5.74) is 1.28. The number of amides is 1. The summed E-state index contributed by atoms with van der Waals surface area (Å²) >= 11 is 0. The first kappa shape index (κ1) is 16.8. The molecule has 1 fully saturated rings. The Morgan fingerprint density at radius 1 is 1.14 bits per heavy atom. The molecule has 22 heavy (non-hydrogen) atoms. The molecule has 0 radical (unpaired) electrons. The minimum atomic E-state index is 0.269. The zero-order valence-corrected chi connectivity index (χ0v) is 13.7. The molecule has 122 valence electrons. The third-order valence-corrected chi connectivity index (χ3v) is 4.12. The number of nitrogens with one attached hydrogen (secondary N) is 1. The summed E-state index contributed by atoms with van der Waals surface area (Å²) in [4.78, 5) is 16.3. The zero-order chi connectivity index (χ0) is 15.8. The summed E-state index contributed by atoms with van der Waals surface area (Å²) in [5.74, 6) is 1.15. The van der Waals surface area contributed by atoms with Gasteiger partial charge < -0.3 is 19.9 Å². The molecule has 1 heterocycles. The highest BCUT2D eigenvalue weighted by Crippen LogP contribution is 2.11. The number of hydrogen-bond acceptors (Lipinski definition) is 4. The molecule has 0 aromatic heterocycles. The standard InChI is InChI=1S/C17H27N3O2/c1-19-11-13-20(14-12-19)17(21)8-10-18-9-7-15-3-5-16(22-2)6-4-15/h3-6,18H,7-14H2,1-2H3. The lowest BCUT2D eigenvalue weighted by Gasteiger charge is -2.32. The van der Waals surface area contributed by atoms with Crippen molar-refractivity contribution in [3.05, 3.63) is 29.8 Å². The van der Waals surface area contributed by atoms with Gasteiger partial charge in [-0.1, -0.05) is 12.1 Å². The van der Waals surface area contributed by atoms with Crippen LogP contribution in [0.2, 0.25) is 0 Å². The lowest BCUT2D eigenvalue weighted by Crippen LogP contribution is -2.47. The second-order valence-corrected chi connectivity index (χ2v) is 5.78. The number of hydrogen-bond donors (Lipinski definition) is 1. The van der Waals surface area contributed by atoms with Crippen LogP contribution in [0.3, 0.4) is 0 Å². The molecular weight excluding hydrogens is 278 g/mol. The van der Waals surface area contributed by atoms with E-state index in [1.165, 1.54) is 5.56 Å². The van der Waals surface area contributed by atoms with Gasteiger partial charge in [-0.3, -0.25) is 4.79 Å². The number of methoxy groups -OCH3 is 1. The van der Waals surface area contributed by atoms with Crippen LogP contribution in [0.4, 0.5) is 0 Å². The van der Waals surface area contributed by atoms with E-state index in [0.29, 0.717) is 6.42 Å². The molecular formula is C17H27N3O2. The van der Waals surface area contributed by atoms with E-state index < -0.39 is 0 Å². The molecule has 0 atom stereocenters. The van der Waals surface area contributed by atoms with E-state index in [0.717, 1.165) is 51.4 Å². The topological polar surface area (TPSA) is 44.8 Å². The van der Waals surface area contributed by atoms with Gasteiger partial charge in [-0.05, 0) is 37.7 Å². The molecule has 1 aromatic rings. The van der Waals surface area contributed by atoms with Crippen molar-refractivity contribution in [2.24, 2.45) is 0 Å². The van der Waals surface area contributed by atoms with Crippen LogP contribution in [0.25, 0.3) is 0 Å². The molecule has 0 saturated carbocycles. The van der Waals surface area contributed by atoms with Gasteiger partial charge in [-0.15, -0.1) is 0 Å². The van der Waals surface area contributed by atoms with E-state index in [2.05, 4.69) is 29.4 Å². The number of benzene rings is 1. The van der Waals surface area contributed by atoms with Gasteiger partial charge in [0.25, 0.3) is 0 Å². The van der Waals surface area contributed by atoms with E-state index in [4.69, 9.17) is 4.74 Å². The number of carbonyl (C=O) groups is 1. The maximum absolute atomic E-state index is 12.1. The van der Waals surface area contributed by atoms with Crippen molar-refractivity contribution in [3.63, 3.8) is 0 Å². The van der Waals surface area contributed by atoms with Crippen molar-refractivity contribution in [1.29, 1.82) is 0 Å². The highest BCUT2D eigenvalue weighted by Gasteiger charge is 2.18. The van der Waals surface area contributed by atoms with Gasteiger partial charge >= 0.3 is 0 Å². The lowest BCUT2D eigenvalue weighted by molar-refractivity contribution is -0.132. The zero-order valence-electron chi connectivity index (χ0n) is 13.7. The molecule has 1 aliphatic heterocycles. The Bertz CT molecular complexity index is 453.